The second kappa shape index (κ2) is 16.3. The minimum absolute atomic E-state index is 0.0884. The van der Waals surface area contributed by atoms with Crippen LogP contribution in [-0.2, 0) is 36.9 Å². The molecule has 2 aromatic carbocycles. The Hall–Kier alpha value is -2.32. The van der Waals surface area contributed by atoms with Crippen molar-refractivity contribution >= 4 is 12.2 Å². The topological polar surface area (TPSA) is 66.4 Å². The summed E-state index contributed by atoms with van der Waals surface area (Å²) in [5.74, 6) is 0. The Morgan fingerprint density at radius 2 is 1.06 bits per heavy atom. The first-order valence-corrected chi connectivity index (χ1v) is 10.7. The van der Waals surface area contributed by atoms with E-state index in [-0.39, 0.29) is 13.2 Å². The highest BCUT2D eigenvalue weighted by Crippen LogP contribution is 2.07. The smallest absolute Gasteiger partial charge is 0.178 e. The summed E-state index contributed by atoms with van der Waals surface area (Å²) < 4.78 is 27.2. The standard InChI is InChI=1S/C26H34O6/c1-3-22-5-9-24(10-6-22)19-29-14-13-28-17-18-32-26(27)21-31-16-15-30-20-25-11-7-23(4-2)8-12-25/h3-12,26-27H,1-2,13-21H2. The number of hydrogen-bond donors (Lipinski definition) is 1. The van der Waals surface area contributed by atoms with Gasteiger partial charge in [0.15, 0.2) is 6.29 Å². The lowest BCUT2D eigenvalue weighted by Crippen LogP contribution is -2.23. The van der Waals surface area contributed by atoms with E-state index in [2.05, 4.69) is 13.2 Å². The SMILES string of the molecule is C=Cc1ccc(COCCOCCOC(O)COCCOCc2ccc(C=C)cc2)cc1. The van der Waals surface area contributed by atoms with Crippen molar-refractivity contribution in [3.05, 3.63) is 83.9 Å². The van der Waals surface area contributed by atoms with Crippen molar-refractivity contribution < 1.29 is 28.8 Å². The third-order valence-electron chi connectivity index (χ3n) is 4.51. The van der Waals surface area contributed by atoms with Crippen molar-refractivity contribution in [3.8, 4) is 0 Å². The molecule has 2 rings (SSSR count). The lowest BCUT2D eigenvalue weighted by atomic mass is 10.1. The molecular formula is C26H34O6. The minimum Gasteiger partial charge on any atom is -0.377 e. The summed E-state index contributed by atoms with van der Waals surface area (Å²) in [4.78, 5) is 0. The average molecular weight is 443 g/mol. The van der Waals surface area contributed by atoms with Crippen molar-refractivity contribution in [2.24, 2.45) is 0 Å². The van der Waals surface area contributed by atoms with Crippen molar-refractivity contribution in [2.75, 3.05) is 46.2 Å². The molecule has 0 saturated heterocycles. The Morgan fingerprint density at radius 1 is 0.625 bits per heavy atom. The molecule has 1 unspecified atom stereocenters. The quantitative estimate of drug-likeness (QED) is 0.277. The largest absolute Gasteiger partial charge is 0.377 e. The van der Waals surface area contributed by atoms with Gasteiger partial charge in [-0.3, -0.25) is 0 Å². The number of ether oxygens (including phenoxy) is 5. The summed E-state index contributed by atoms with van der Waals surface area (Å²) in [6, 6.07) is 16.0. The Morgan fingerprint density at radius 3 is 1.56 bits per heavy atom. The van der Waals surface area contributed by atoms with Gasteiger partial charge in [0.25, 0.3) is 0 Å². The molecule has 0 radical (unpaired) electrons. The van der Waals surface area contributed by atoms with E-state index in [0.29, 0.717) is 46.2 Å². The monoisotopic (exact) mass is 442 g/mol. The average Bonchev–Trinajstić information content (AvgIpc) is 2.83. The van der Waals surface area contributed by atoms with Crippen LogP contribution in [0.15, 0.2) is 61.7 Å². The number of aliphatic hydroxyl groups excluding tert-OH is 1. The van der Waals surface area contributed by atoms with Gasteiger partial charge >= 0.3 is 0 Å². The van der Waals surface area contributed by atoms with Crippen LogP contribution in [0.2, 0.25) is 0 Å². The van der Waals surface area contributed by atoms with Gasteiger partial charge in [0, 0.05) is 0 Å². The third kappa shape index (κ3) is 11.3. The summed E-state index contributed by atoms with van der Waals surface area (Å²) in [7, 11) is 0. The highest BCUT2D eigenvalue weighted by molar-refractivity contribution is 5.47. The molecule has 0 amide bonds. The molecule has 0 aromatic heterocycles. The maximum absolute atomic E-state index is 9.75. The minimum atomic E-state index is -0.986. The summed E-state index contributed by atoms with van der Waals surface area (Å²) >= 11 is 0. The van der Waals surface area contributed by atoms with Crippen LogP contribution < -0.4 is 0 Å². The fraction of sp³-hybridized carbons (Fsp3) is 0.385. The molecule has 0 aliphatic heterocycles. The fourth-order valence-corrected chi connectivity index (χ4v) is 2.69. The molecule has 32 heavy (non-hydrogen) atoms. The molecule has 0 aliphatic carbocycles. The zero-order chi connectivity index (χ0) is 22.9. The van der Waals surface area contributed by atoms with Gasteiger partial charge in [0.05, 0.1) is 59.5 Å². The summed E-state index contributed by atoms with van der Waals surface area (Å²) in [5, 5.41) is 9.75. The molecular weight excluding hydrogens is 408 g/mol. The normalized spacial score (nSPS) is 11.9. The summed E-state index contributed by atoms with van der Waals surface area (Å²) in [6.45, 7) is 11.1. The van der Waals surface area contributed by atoms with E-state index in [4.69, 9.17) is 23.7 Å². The van der Waals surface area contributed by atoms with E-state index in [1.54, 1.807) is 6.08 Å². The highest BCUT2D eigenvalue weighted by Gasteiger charge is 2.04. The molecule has 0 saturated carbocycles. The number of aliphatic hydroxyl groups is 1. The Bertz CT molecular complexity index is 757. The van der Waals surface area contributed by atoms with Crippen molar-refractivity contribution in [1.29, 1.82) is 0 Å². The molecule has 0 heterocycles. The Balaban J connectivity index is 1.36. The van der Waals surface area contributed by atoms with Crippen LogP contribution in [0.4, 0.5) is 0 Å². The maximum atomic E-state index is 9.75. The lowest BCUT2D eigenvalue weighted by molar-refractivity contribution is -0.149. The third-order valence-corrected chi connectivity index (χ3v) is 4.51. The molecule has 0 fully saturated rings. The predicted octanol–water partition coefficient (Wildman–Crippen LogP) is 4.07. The molecule has 2 aromatic rings. The van der Waals surface area contributed by atoms with Gasteiger partial charge < -0.3 is 28.8 Å². The van der Waals surface area contributed by atoms with Crippen molar-refractivity contribution in [1.82, 2.24) is 0 Å². The van der Waals surface area contributed by atoms with E-state index in [0.717, 1.165) is 22.3 Å². The van der Waals surface area contributed by atoms with Gasteiger partial charge in [-0.25, -0.2) is 0 Å². The molecule has 0 spiro atoms. The number of rotatable bonds is 18. The Kier molecular flexibility index (Phi) is 13.2. The second-order valence-corrected chi connectivity index (χ2v) is 7.01. The van der Waals surface area contributed by atoms with Crippen LogP contribution in [0.1, 0.15) is 22.3 Å². The lowest BCUT2D eigenvalue weighted by Gasteiger charge is -2.13. The van der Waals surface area contributed by atoms with Gasteiger partial charge in [-0.1, -0.05) is 73.8 Å². The van der Waals surface area contributed by atoms with Gasteiger partial charge in [-0.05, 0) is 22.3 Å². The van der Waals surface area contributed by atoms with Gasteiger partial charge in [0.1, 0.15) is 0 Å². The van der Waals surface area contributed by atoms with Crippen LogP contribution in [0, 0.1) is 0 Å². The molecule has 1 atom stereocenters. The van der Waals surface area contributed by atoms with Crippen LogP contribution >= 0.6 is 0 Å². The van der Waals surface area contributed by atoms with Gasteiger partial charge in [-0.2, -0.15) is 0 Å². The molecule has 0 bridgehead atoms. The zero-order valence-electron chi connectivity index (χ0n) is 18.6. The molecule has 6 heteroatoms. The van der Waals surface area contributed by atoms with Crippen LogP contribution in [-0.4, -0.2) is 57.6 Å². The predicted molar refractivity (Wildman–Crippen MR) is 126 cm³/mol. The first-order chi connectivity index (χ1) is 15.7. The number of benzene rings is 2. The first kappa shape index (κ1) is 25.9. The van der Waals surface area contributed by atoms with Crippen molar-refractivity contribution in [2.45, 2.75) is 19.5 Å². The van der Waals surface area contributed by atoms with Gasteiger partial charge in [0.2, 0.25) is 0 Å². The highest BCUT2D eigenvalue weighted by atomic mass is 16.6. The fourth-order valence-electron chi connectivity index (χ4n) is 2.69. The maximum Gasteiger partial charge on any atom is 0.178 e. The van der Waals surface area contributed by atoms with E-state index in [1.165, 1.54) is 0 Å². The molecule has 0 aliphatic rings. The van der Waals surface area contributed by atoms with Crippen molar-refractivity contribution in [3.63, 3.8) is 0 Å². The zero-order valence-corrected chi connectivity index (χ0v) is 18.6. The summed E-state index contributed by atoms with van der Waals surface area (Å²) in [6.07, 6.45) is 2.63. The van der Waals surface area contributed by atoms with Crippen LogP contribution in [0.25, 0.3) is 12.2 Å². The van der Waals surface area contributed by atoms with Gasteiger partial charge in [-0.15, -0.1) is 0 Å². The van der Waals surface area contributed by atoms with E-state index >= 15 is 0 Å². The van der Waals surface area contributed by atoms with E-state index in [1.807, 2.05) is 54.6 Å². The van der Waals surface area contributed by atoms with E-state index < -0.39 is 6.29 Å². The first-order valence-electron chi connectivity index (χ1n) is 10.7. The second-order valence-electron chi connectivity index (χ2n) is 7.01. The summed E-state index contributed by atoms with van der Waals surface area (Å²) in [5.41, 5.74) is 4.36. The molecule has 174 valence electrons. The molecule has 1 N–H and O–H groups in total. The van der Waals surface area contributed by atoms with E-state index in [9.17, 15) is 5.11 Å². The Labute approximate surface area is 191 Å². The van der Waals surface area contributed by atoms with Crippen LogP contribution in [0.5, 0.6) is 0 Å². The molecule has 6 nitrogen and oxygen atoms in total. The number of hydrogen-bond acceptors (Lipinski definition) is 6. The van der Waals surface area contributed by atoms with Crippen LogP contribution in [0.3, 0.4) is 0 Å².